The number of azo groups is 2. The molecule has 2 N–H and O–H groups in total. The Kier molecular flexibility index (Phi) is 11.1. The van der Waals surface area contributed by atoms with Crippen LogP contribution in [-0.2, 0) is 13.0 Å². The van der Waals surface area contributed by atoms with E-state index >= 15 is 0 Å². The maximum absolute atomic E-state index is 12.9. The molecule has 7 aromatic carbocycles. The first-order valence-corrected chi connectivity index (χ1v) is 18.3. The number of phenols is 1. The number of nitrogens with one attached hydrogen (secondary N) is 1. The summed E-state index contributed by atoms with van der Waals surface area (Å²) in [6, 6.07) is 44.0. The lowest BCUT2D eigenvalue weighted by atomic mass is 10.1. The van der Waals surface area contributed by atoms with Gasteiger partial charge in [-0.15, -0.1) is 15.3 Å². The number of rotatable bonds is 13. The van der Waals surface area contributed by atoms with E-state index in [1.54, 1.807) is 30.3 Å². The van der Waals surface area contributed by atoms with Crippen LogP contribution in [0.15, 0.2) is 160 Å². The summed E-state index contributed by atoms with van der Waals surface area (Å²) in [5.41, 5.74) is 7.38. The number of esters is 1. The molecule has 54 heavy (non-hydrogen) atoms. The molecule has 0 spiro atoms. The third-order valence-corrected chi connectivity index (χ3v) is 9.36. The second-order valence-electron chi connectivity index (χ2n) is 13.2. The zero-order valence-corrected chi connectivity index (χ0v) is 30.4. The maximum atomic E-state index is 12.9. The van der Waals surface area contributed by atoms with E-state index in [-0.39, 0.29) is 5.75 Å². The predicted molar refractivity (Wildman–Crippen MR) is 217 cm³/mol. The molecule has 0 atom stereocenters. The molecule has 0 saturated heterocycles. The first kappa shape index (κ1) is 35.7. The van der Waals surface area contributed by atoms with Gasteiger partial charge in [0.1, 0.15) is 11.5 Å². The molecule has 0 aromatic heterocycles. The number of fused-ring (bicyclic) bond motifs is 2. The van der Waals surface area contributed by atoms with Gasteiger partial charge in [0.2, 0.25) is 0 Å². The van der Waals surface area contributed by atoms with Crippen LogP contribution in [0.1, 0.15) is 53.2 Å². The highest BCUT2D eigenvalue weighted by Gasteiger charge is 2.12. The molecule has 0 aliphatic carbocycles. The fourth-order valence-electron chi connectivity index (χ4n) is 6.36. The van der Waals surface area contributed by atoms with E-state index in [4.69, 9.17) is 15.0 Å². The van der Waals surface area contributed by atoms with Crippen LogP contribution in [0.5, 0.6) is 11.5 Å². The number of aromatic hydroxyl groups is 1. The molecule has 0 aliphatic rings. The van der Waals surface area contributed by atoms with Crippen LogP contribution in [0.3, 0.4) is 0 Å². The number of benzene rings is 7. The van der Waals surface area contributed by atoms with Gasteiger partial charge in [-0.25, -0.2) is 4.79 Å². The van der Waals surface area contributed by atoms with Crippen LogP contribution in [0, 0.1) is 6.92 Å². The Bertz CT molecular complexity index is 2470. The number of carbonyl (C=O) groups excluding carboxylic acids is 1. The second-order valence-corrected chi connectivity index (χ2v) is 13.2. The van der Waals surface area contributed by atoms with Crippen LogP contribution >= 0.6 is 0 Å². The van der Waals surface area contributed by atoms with Crippen molar-refractivity contribution in [1.29, 1.82) is 0 Å². The van der Waals surface area contributed by atoms with Gasteiger partial charge in [0, 0.05) is 33.8 Å². The summed E-state index contributed by atoms with van der Waals surface area (Å²) in [6.45, 7) is 4.72. The summed E-state index contributed by atoms with van der Waals surface area (Å²) < 4.78 is 5.65. The first-order chi connectivity index (χ1) is 26.4. The van der Waals surface area contributed by atoms with Gasteiger partial charge < -0.3 is 15.2 Å². The lowest BCUT2D eigenvalue weighted by molar-refractivity contribution is 0.0734. The molecule has 0 heterocycles. The summed E-state index contributed by atoms with van der Waals surface area (Å²) in [5, 5.41) is 35.5. The Labute approximate surface area is 314 Å². The average molecular weight is 712 g/mol. The number of unbranched alkanes of at least 4 members (excludes halogenated alkanes) is 2. The van der Waals surface area contributed by atoms with Gasteiger partial charge in [-0.1, -0.05) is 92.6 Å². The maximum Gasteiger partial charge on any atom is 0.343 e. The van der Waals surface area contributed by atoms with E-state index in [2.05, 4.69) is 28.5 Å². The fraction of sp³-hybridized carbons (Fsp3) is 0.152. The molecule has 0 amide bonds. The van der Waals surface area contributed by atoms with Crippen molar-refractivity contribution in [3.8, 4) is 11.5 Å². The quantitative estimate of drug-likeness (QED) is 0.0537. The van der Waals surface area contributed by atoms with E-state index < -0.39 is 5.97 Å². The minimum Gasteiger partial charge on any atom is -0.508 e. The molecule has 8 nitrogen and oxygen atoms in total. The predicted octanol–water partition coefficient (Wildman–Crippen LogP) is 13.4. The van der Waals surface area contributed by atoms with E-state index in [0.717, 1.165) is 56.9 Å². The highest BCUT2D eigenvalue weighted by Crippen LogP contribution is 2.37. The molecule has 7 aromatic rings. The number of hydrogen-bond donors (Lipinski definition) is 2. The molecule has 0 saturated carbocycles. The molecule has 0 aliphatic heterocycles. The fourth-order valence-corrected chi connectivity index (χ4v) is 6.36. The number of hydrogen-bond acceptors (Lipinski definition) is 8. The van der Waals surface area contributed by atoms with Crippen molar-refractivity contribution < 1.29 is 14.6 Å². The molecule has 7 rings (SSSR count). The Morgan fingerprint density at radius 2 is 1.15 bits per heavy atom. The van der Waals surface area contributed by atoms with E-state index in [1.165, 1.54) is 18.4 Å². The molecule has 268 valence electrons. The van der Waals surface area contributed by atoms with Gasteiger partial charge in [-0.3, -0.25) is 0 Å². The number of nitrogens with zero attached hydrogens (tertiary/aromatic N) is 4. The average Bonchev–Trinajstić information content (AvgIpc) is 3.20. The molecule has 0 bridgehead atoms. The van der Waals surface area contributed by atoms with Gasteiger partial charge in [0.15, 0.2) is 0 Å². The summed E-state index contributed by atoms with van der Waals surface area (Å²) in [5.74, 6) is 0.359. The van der Waals surface area contributed by atoms with Crippen molar-refractivity contribution in [3.63, 3.8) is 0 Å². The van der Waals surface area contributed by atoms with Gasteiger partial charge in [-0.2, -0.15) is 5.11 Å². The monoisotopic (exact) mass is 711 g/mol. The van der Waals surface area contributed by atoms with Crippen LogP contribution in [0.25, 0.3) is 21.5 Å². The summed E-state index contributed by atoms with van der Waals surface area (Å²) >= 11 is 0. The van der Waals surface area contributed by atoms with Gasteiger partial charge in [0.25, 0.3) is 0 Å². The number of carbonyl (C=O) groups is 1. The number of phenolic OH excluding ortho intramolecular Hbond substituents is 1. The molecule has 8 heteroatoms. The Hall–Kier alpha value is -6.67. The van der Waals surface area contributed by atoms with Crippen molar-refractivity contribution >= 4 is 56.0 Å². The number of anilines is 1. The van der Waals surface area contributed by atoms with Crippen molar-refractivity contribution in [2.45, 2.75) is 46.1 Å². The second kappa shape index (κ2) is 16.8. The van der Waals surface area contributed by atoms with Crippen molar-refractivity contribution in [1.82, 2.24) is 0 Å². The Morgan fingerprint density at radius 1 is 0.611 bits per heavy atom. The van der Waals surface area contributed by atoms with E-state index in [1.807, 2.05) is 110 Å². The SMILES string of the molecule is CCCCCc1ccc(OC(=O)c2ccc(/N=N/c3ccc(/N=N/c4ccc(NCc5ccc(O)cc5)c5ccccc45)c4ccccc34)c(C)c2)cc1. The minimum absolute atomic E-state index is 0.249. The number of aryl methyl sites for hydroxylation is 2. The van der Waals surface area contributed by atoms with Gasteiger partial charge in [-0.05, 0) is 103 Å². The minimum atomic E-state index is -0.415. The highest BCUT2D eigenvalue weighted by molar-refractivity contribution is 6.02. The standard InChI is InChI=1S/C46H41N5O3/c1-3-4-5-10-32-17-22-36(23-18-32)54-46(53)34-19-24-41(31(2)29-34)48-49-44-27-28-45(40-14-9-8-13-39(40)44)51-50-43-26-25-42(37-11-6-7-12-38(37)43)47-30-33-15-20-35(52)21-16-33/h6-9,11-29,47,52H,3-5,10,30H2,1-2H3/b49-48+,51-50+. The number of ether oxygens (including phenoxy) is 1. The van der Waals surface area contributed by atoms with E-state index in [0.29, 0.717) is 34.9 Å². The van der Waals surface area contributed by atoms with Crippen LogP contribution in [0.4, 0.5) is 28.4 Å². The Balaban J connectivity index is 1.06. The summed E-state index contributed by atoms with van der Waals surface area (Å²) in [7, 11) is 0. The zero-order valence-electron chi connectivity index (χ0n) is 30.4. The van der Waals surface area contributed by atoms with Gasteiger partial charge >= 0.3 is 5.97 Å². The highest BCUT2D eigenvalue weighted by atomic mass is 16.5. The Morgan fingerprint density at radius 3 is 1.76 bits per heavy atom. The third-order valence-electron chi connectivity index (χ3n) is 9.36. The molecule has 0 radical (unpaired) electrons. The molecule has 0 fully saturated rings. The van der Waals surface area contributed by atoms with Crippen molar-refractivity contribution in [3.05, 3.63) is 162 Å². The lowest BCUT2D eigenvalue weighted by Crippen LogP contribution is -2.08. The summed E-state index contributed by atoms with van der Waals surface area (Å²) in [4.78, 5) is 12.9. The zero-order chi connectivity index (χ0) is 37.3. The van der Waals surface area contributed by atoms with Crippen molar-refractivity contribution in [2.24, 2.45) is 20.5 Å². The normalized spacial score (nSPS) is 11.5. The first-order valence-electron chi connectivity index (χ1n) is 18.3. The lowest BCUT2D eigenvalue weighted by Gasteiger charge is -2.11. The molecule has 0 unspecified atom stereocenters. The van der Waals surface area contributed by atoms with Crippen LogP contribution < -0.4 is 10.1 Å². The summed E-state index contributed by atoms with van der Waals surface area (Å²) in [6.07, 6.45) is 4.58. The van der Waals surface area contributed by atoms with E-state index in [9.17, 15) is 9.90 Å². The third kappa shape index (κ3) is 8.51. The topological polar surface area (TPSA) is 108 Å². The van der Waals surface area contributed by atoms with Gasteiger partial charge in [0.05, 0.1) is 28.3 Å². The van der Waals surface area contributed by atoms with Crippen LogP contribution in [0.2, 0.25) is 0 Å². The van der Waals surface area contributed by atoms with Crippen molar-refractivity contribution in [2.75, 3.05) is 5.32 Å². The largest absolute Gasteiger partial charge is 0.508 e. The smallest absolute Gasteiger partial charge is 0.343 e. The van der Waals surface area contributed by atoms with Crippen LogP contribution in [-0.4, -0.2) is 11.1 Å². The molecular weight excluding hydrogens is 671 g/mol. The molecular formula is C46H41N5O3.